The lowest BCUT2D eigenvalue weighted by Crippen LogP contribution is -2.37. The van der Waals surface area contributed by atoms with E-state index in [9.17, 15) is 9.46 Å². The second kappa shape index (κ2) is 7.90. The second-order valence-corrected chi connectivity index (χ2v) is 9.11. The maximum absolute atomic E-state index is 12.5. The van der Waals surface area contributed by atoms with Gasteiger partial charge in [-0.15, -0.1) is 0 Å². The normalized spacial score (nSPS) is 27.5. The van der Waals surface area contributed by atoms with Gasteiger partial charge in [0.1, 0.15) is 23.8 Å². The van der Waals surface area contributed by atoms with E-state index in [1.54, 1.807) is 18.4 Å². The van der Waals surface area contributed by atoms with Gasteiger partial charge < -0.3 is 30.6 Å². The van der Waals surface area contributed by atoms with Crippen LogP contribution in [0.4, 0.5) is 11.8 Å². The van der Waals surface area contributed by atoms with E-state index < -0.39 is 37.8 Å². The Hall–Kier alpha value is -1.82. The molecule has 1 fully saturated rings. The smallest absolute Gasteiger partial charge is 0.331 e. The molecule has 0 amide bonds. The lowest BCUT2D eigenvalue weighted by atomic mass is 10.1. The Bertz CT molecular complexity index is 891. The van der Waals surface area contributed by atoms with Gasteiger partial charge in [0.15, 0.2) is 17.7 Å². The third-order valence-electron chi connectivity index (χ3n) is 4.55. The molecule has 12 nitrogen and oxygen atoms in total. The number of ether oxygens (including phenoxy) is 3. The molecule has 5 N–H and O–H groups in total. The molecule has 28 heavy (non-hydrogen) atoms. The van der Waals surface area contributed by atoms with Gasteiger partial charge in [-0.1, -0.05) is 13.8 Å². The average Bonchev–Trinajstić information content (AvgIpc) is 3.16. The number of nitrogens with two attached hydrogens (primary N) is 2. The number of methoxy groups -OCH3 is 2. The molecule has 0 bridgehead atoms. The quantitative estimate of drug-likeness (QED) is 0.538. The number of aromatic nitrogens is 4. The van der Waals surface area contributed by atoms with Crippen LogP contribution in [0.15, 0.2) is 6.33 Å². The van der Waals surface area contributed by atoms with E-state index in [1.807, 2.05) is 0 Å². The van der Waals surface area contributed by atoms with Crippen LogP contribution in [-0.2, 0) is 23.3 Å². The zero-order valence-corrected chi connectivity index (χ0v) is 16.9. The third-order valence-corrected chi connectivity index (χ3v) is 6.40. The van der Waals surface area contributed by atoms with Crippen LogP contribution in [0.3, 0.4) is 0 Å². The van der Waals surface area contributed by atoms with E-state index in [0.29, 0.717) is 11.2 Å². The maximum Gasteiger partial charge on any atom is 0.331 e. The summed E-state index contributed by atoms with van der Waals surface area (Å²) in [6.45, 7) is 3.34. The first-order chi connectivity index (χ1) is 13.2. The predicted octanol–water partition coefficient (Wildman–Crippen LogP) is 0.529. The van der Waals surface area contributed by atoms with Gasteiger partial charge in [-0.3, -0.25) is 13.7 Å². The van der Waals surface area contributed by atoms with Crippen LogP contribution in [0.25, 0.3) is 11.2 Å². The molecule has 2 aromatic heterocycles. The van der Waals surface area contributed by atoms with Gasteiger partial charge in [0.25, 0.3) is 0 Å². The van der Waals surface area contributed by atoms with E-state index in [0.717, 1.165) is 0 Å². The minimum Gasteiger partial charge on any atom is -0.382 e. The summed E-state index contributed by atoms with van der Waals surface area (Å²) in [6, 6.07) is 0. The molecule has 0 radical (unpaired) electrons. The minimum atomic E-state index is -3.90. The van der Waals surface area contributed by atoms with Gasteiger partial charge in [-0.2, -0.15) is 9.97 Å². The predicted molar refractivity (Wildman–Crippen MR) is 101 cm³/mol. The van der Waals surface area contributed by atoms with Crippen LogP contribution >= 0.6 is 7.60 Å². The Kier molecular flexibility index (Phi) is 5.89. The second-order valence-electron chi connectivity index (χ2n) is 6.74. The lowest BCUT2D eigenvalue weighted by Gasteiger charge is -2.26. The molecule has 13 heteroatoms. The van der Waals surface area contributed by atoms with E-state index in [1.165, 1.54) is 20.5 Å². The Morgan fingerprint density at radius 3 is 2.64 bits per heavy atom. The van der Waals surface area contributed by atoms with E-state index >= 15 is 0 Å². The molecule has 3 rings (SSSR count). The summed E-state index contributed by atoms with van der Waals surface area (Å²) in [5, 5.41) is 0. The number of anilines is 2. The summed E-state index contributed by atoms with van der Waals surface area (Å²) < 4.78 is 36.5. The van der Waals surface area contributed by atoms with Crippen molar-refractivity contribution >= 4 is 30.5 Å². The summed E-state index contributed by atoms with van der Waals surface area (Å²) in [5.41, 5.74) is 11.7. The van der Waals surface area contributed by atoms with Crippen molar-refractivity contribution in [1.29, 1.82) is 0 Å². The molecule has 156 valence electrons. The first-order valence-electron chi connectivity index (χ1n) is 8.63. The SMILES string of the molecule is COC[C@H]1O[C@@H](n2cnc3c(N)nc(N)nc32)[C@@H](OC)[C@H]1OP(=O)(O)C(C)C. The largest absolute Gasteiger partial charge is 0.382 e. The van der Waals surface area contributed by atoms with Crippen LogP contribution in [-0.4, -0.2) is 69.2 Å². The van der Waals surface area contributed by atoms with Crippen molar-refractivity contribution in [3.63, 3.8) is 0 Å². The summed E-state index contributed by atoms with van der Waals surface area (Å²) in [7, 11) is -0.941. The summed E-state index contributed by atoms with van der Waals surface area (Å²) in [5.74, 6) is 0.119. The summed E-state index contributed by atoms with van der Waals surface area (Å²) >= 11 is 0. The molecule has 1 aliphatic rings. The number of imidazole rings is 1. The van der Waals surface area contributed by atoms with Crippen LogP contribution in [0.2, 0.25) is 0 Å². The minimum absolute atomic E-state index is 0.0142. The molecule has 1 unspecified atom stereocenters. The van der Waals surface area contributed by atoms with Crippen LogP contribution in [0.5, 0.6) is 0 Å². The van der Waals surface area contributed by atoms with Gasteiger partial charge >= 0.3 is 7.60 Å². The molecule has 0 spiro atoms. The number of rotatable bonds is 7. The lowest BCUT2D eigenvalue weighted by molar-refractivity contribution is -0.0629. The number of nitrogen functional groups attached to an aromatic ring is 2. The Morgan fingerprint density at radius 2 is 2.04 bits per heavy atom. The molecule has 1 saturated heterocycles. The van der Waals surface area contributed by atoms with Gasteiger partial charge in [-0.25, -0.2) is 4.98 Å². The first-order valence-corrected chi connectivity index (χ1v) is 10.3. The Balaban J connectivity index is 2.01. The fourth-order valence-corrected chi connectivity index (χ4v) is 3.89. The number of hydrogen-bond acceptors (Lipinski definition) is 10. The van der Waals surface area contributed by atoms with Crippen molar-refractivity contribution < 1.29 is 28.2 Å². The molecule has 5 atom stereocenters. The highest BCUT2D eigenvalue weighted by molar-refractivity contribution is 7.53. The topological polar surface area (TPSA) is 170 Å². The average molecular weight is 416 g/mol. The molecule has 0 saturated carbocycles. The van der Waals surface area contributed by atoms with Crippen molar-refractivity contribution in [3.8, 4) is 0 Å². The van der Waals surface area contributed by atoms with Crippen LogP contribution in [0.1, 0.15) is 20.1 Å². The van der Waals surface area contributed by atoms with E-state index in [2.05, 4.69) is 15.0 Å². The zero-order valence-electron chi connectivity index (χ0n) is 16.1. The Morgan fingerprint density at radius 1 is 1.32 bits per heavy atom. The molecule has 2 aromatic rings. The van der Waals surface area contributed by atoms with Gasteiger partial charge in [0.05, 0.1) is 18.6 Å². The Labute approximate surface area is 161 Å². The van der Waals surface area contributed by atoms with Gasteiger partial charge in [0, 0.05) is 14.2 Å². The van der Waals surface area contributed by atoms with Crippen LogP contribution in [0, 0.1) is 0 Å². The highest BCUT2D eigenvalue weighted by Gasteiger charge is 2.50. The number of hydrogen-bond donors (Lipinski definition) is 3. The monoisotopic (exact) mass is 416 g/mol. The molecule has 1 aliphatic heterocycles. The summed E-state index contributed by atoms with van der Waals surface area (Å²) in [6.07, 6.45) is -1.55. The highest BCUT2D eigenvalue weighted by Crippen LogP contribution is 2.51. The van der Waals surface area contributed by atoms with Crippen molar-refractivity contribution in [2.45, 2.75) is 44.0 Å². The molecule has 0 aromatic carbocycles. The molecule has 0 aliphatic carbocycles. The van der Waals surface area contributed by atoms with Gasteiger partial charge in [0.2, 0.25) is 5.95 Å². The third kappa shape index (κ3) is 3.71. The van der Waals surface area contributed by atoms with Crippen molar-refractivity contribution in [2.75, 3.05) is 32.3 Å². The number of nitrogens with zero attached hydrogens (tertiary/aromatic N) is 4. The fourth-order valence-electron chi connectivity index (χ4n) is 3.05. The zero-order chi connectivity index (χ0) is 20.6. The molecular weight excluding hydrogens is 391 g/mol. The van der Waals surface area contributed by atoms with Crippen molar-refractivity contribution in [1.82, 2.24) is 19.5 Å². The first kappa shape index (κ1) is 20.9. The van der Waals surface area contributed by atoms with Gasteiger partial charge in [-0.05, 0) is 0 Å². The fraction of sp³-hybridized carbons (Fsp3) is 0.667. The van der Waals surface area contributed by atoms with E-state index in [-0.39, 0.29) is 18.4 Å². The highest BCUT2D eigenvalue weighted by atomic mass is 31.2. The van der Waals surface area contributed by atoms with Crippen molar-refractivity contribution in [3.05, 3.63) is 6.33 Å². The number of fused-ring (bicyclic) bond motifs is 1. The van der Waals surface area contributed by atoms with E-state index in [4.69, 9.17) is 30.2 Å². The molecular formula is C15H25N6O6P. The summed E-state index contributed by atoms with van der Waals surface area (Å²) in [4.78, 5) is 22.5. The maximum atomic E-state index is 12.5. The van der Waals surface area contributed by atoms with Crippen molar-refractivity contribution in [2.24, 2.45) is 0 Å². The molecule has 3 heterocycles. The standard InChI is InChI=1S/C15H25N6O6P/c1-7(2)28(22,23)27-10-8(5-24-3)26-14(11(10)25-4)21-6-18-9-12(16)19-15(17)20-13(9)21/h6-8,10-11,14H,5H2,1-4H3,(H,22,23)(H4,16,17,19,20)/t8-,10+,11+,14-/m1/s1. The van der Waals surface area contributed by atoms with Crippen LogP contribution < -0.4 is 11.5 Å².